The van der Waals surface area contributed by atoms with E-state index in [0.717, 1.165) is 0 Å². The molecule has 0 rings (SSSR count). The SMILES string of the molecule is CC(C)(C)OC(=O)COCCOCCOCCOCCOCCOCCOCCOCCOCCOCCC(=O)O. The Morgan fingerprint density at radius 2 is 0.683 bits per heavy atom. The van der Waals surface area contributed by atoms with Crippen molar-refractivity contribution in [3.05, 3.63) is 0 Å². The van der Waals surface area contributed by atoms with Crippen LogP contribution in [0.25, 0.3) is 0 Å². The summed E-state index contributed by atoms with van der Waals surface area (Å²) in [5.74, 6) is -1.27. The Morgan fingerprint density at radius 1 is 0.439 bits per heavy atom. The molecule has 0 atom stereocenters. The molecular formula is C27H52O14. The third kappa shape index (κ3) is 36.5. The van der Waals surface area contributed by atoms with Crippen LogP contribution in [-0.2, 0) is 61.7 Å². The molecule has 14 nitrogen and oxygen atoms in total. The maximum atomic E-state index is 11.5. The quantitative estimate of drug-likeness (QED) is 0.0860. The lowest BCUT2D eigenvalue weighted by Crippen LogP contribution is -2.27. The van der Waals surface area contributed by atoms with E-state index in [-0.39, 0.29) is 19.6 Å². The Morgan fingerprint density at radius 3 is 0.927 bits per heavy atom. The number of hydrogen-bond donors (Lipinski definition) is 1. The molecule has 0 aromatic rings. The molecule has 0 unspecified atom stereocenters. The van der Waals surface area contributed by atoms with Gasteiger partial charge in [0, 0.05) is 0 Å². The summed E-state index contributed by atoms with van der Waals surface area (Å²) in [6.07, 6.45) is -0.00523. The van der Waals surface area contributed by atoms with E-state index in [4.69, 9.17) is 57.2 Å². The highest BCUT2D eigenvalue weighted by atomic mass is 16.6. The predicted octanol–water partition coefficient (Wildman–Crippen LogP) is 0.969. The number of esters is 1. The number of carbonyl (C=O) groups is 2. The number of rotatable bonds is 32. The zero-order valence-corrected chi connectivity index (χ0v) is 25.1. The van der Waals surface area contributed by atoms with Crippen molar-refractivity contribution in [3.8, 4) is 0 Å². The Kier molecular flexibility index (Phi) is 28.9. The molecule has 0 aliphatic carbocycles. The van der Waals surface area contributed by atoms with E-state index in [2.05, 4.69) is 0 Å². The number of carbonyl (C=O) groups excluding carboxylic acids is 1. The first-order valence-electron chi connectivity index (χ1n) is 14.0. The average Bonchev–Trinajstić information content (AvgIpc) is 2.90. The van der Waals surface area contributed by atoms with Gasteiger partial charge in [-0.2, -0.15) is 0 Å². The minimum Gasteiger partial charge on any atom is -0.481 e. The van der Waals surface area contributed by atoms with Gasteiger partial charge in [0.1, 0.15) is 12.2 Å². The average molecular weight is 601 g/mol. The fraction of sp³-hybridized carbons (Fsp3) is 0.926. The van der Waals surface area contributed by atoms with E-state index in [1.54, 1.807) is 0 Å². The molecule has 0 aromatic carbocycles. The van der Waals surface area contributed by atoms with Gasteiger partial charge in [-0.05, 0) is 20.8 Å². The van der Waals surface area contributed by atoms with Gasteiger partial charge in [0.15, 0.2) is 0 Å². The maximum absolute atomic E-state index is 11.5. The molecule has 0 saturated heterocycles. The molecule has 0 spiro atoms. The highest BCUT2D eigenvalue weighted by molar-refractivity contribution is 5.71. The van der Waals surface area contributed by atoms with Crippen LogP contribution in [0.15, 0.2) is 0 Å². The van der Waals surface area contributed by atoms with Gasteiger partial charge in [0.25, 0.3) is 0 Å². The number of carboxylic acid groups (broad SMARTS) is 1. The van der Waals surface area contributed by atoms with Crippen LogP contribution >= 0.6 is 0 Å². The van der Waals surface area contributed by atoms with Crippen molar-refractivity contribution >= 4 is 11.9 Å². The fourth-order valence-corrected chi connectivity index (χ4v) is 2.67. The van der Waals surface area contributed by atoms with Gasteiger partial charge >= 0.3 is 11.9 Å². The van der Waals surface area contributed by atoms with Gasteiger partial charge in [-0.15, -0.1) is 0 Å². The molecule has 0 radical (unpaired) electrons. The van der Waals surface area contributed by atoms with Crippen molar-refractivity contribution in [2.45, 2.75) is 32.8 Å². The predicted molar refractivity (Wildman–Crippen MR) is 146 cm³/mol. The minimum atomic E-state index is -0.877. The monoisotopic (exact) mass is 600 g/mol. The Labute approximate surface area is 244 Å². The molecule has 244 valence electrons. The van der Waals surface area contributed by atoms with Crippen molar-refractivity contribution in [2.75, 3.05) is 132 Å². The van der Waals surface area contributed by atoms with Gasteiger partial charge in [-0.1, -0.05) is 0 Å². The smallest absolute Gasteiger partial charge is 0.332 e. The number of aliphatic carboxylic acids is 1. The lowest BCUT2D eigenvalue weighted by molar-refractivity contribution is -0.160. The van der Waals surface area contributed by atoms with Crippen molar-refractivity contribution < 1.29 is 66.8 Å². The van der Waals surface area contributed by atoms with Crippen LogP contribution in [0.2, 0.25) is 0 Å². The third-order valence-electron chi connectivity index (χ3n) is 4.45. The van der Waals surface area contributed by atoms with Crippen LogP contribution in [0, 0.1) is 0 Å². The summed E-state index contributed by atoms with van der Waals surface area (Å²) in [5, 5.41) is 8.47. The van der Waals surface area contributed by atoms with Crippen LogP contribution in [0.5, 0.6) is 0 Å². The van der Waals surface area contributed by atoms with E-state index in [1.807, 2.05) is 20.8 Å². The first kappa shape index (κ1) is 39.5. The van der Waals surface area contributed by atoms with Crippen molar-refractivity contribution in [2.24, 2.45) is 0 Å². The van der Waals surface area contributed by atoms with Crippen molar-refractivity contribution in [1.29, 1.82) is 0 Å². The minimum absolute atomic E-state index is 0.00523. The van der Waals surface area contributed by atoms with Crippen LogP contribution in [-0.4, -0.2) is 155 Å². The molecule has 0 fully saturated rings. The summed E-state index contributed by atoms with van der Waals surface area (Å²) in [5.41, 5.74) is -0.514. The van der Waals surface area contributed by atoms with Gasteiger partial charge in [0.2, 0.25) is 0 Å². The highest BCUT2D eigenvalue weighted by Crippen LogP contribution is 2.06. The summed E-state index contributed by atoms with van der Waals surface area (Å²) in [7, 11) is 0. The van der Waals surface area contributed by atoms with E-state index >= 15 is 0 Å². The zero-order chi connectivity index (χ0) is 30.3. The van der Waals surface area contributed by atoms with Crippen molar-refractivity contribution in [1.82, 2.24) is 0 Å². The second kappa shape index (κ2) is 30.0. The van der Waals surface area contributed by atoms with Crippen molar-refractivity contribution in [3.63, 3.8) is 0 Å². The molecule has 0 amide bonds. The highest BCUT2D eigenvalue weighted by Gasteiger charge is 2.15. The summed E-state index contributed by atoms with van der Waals surface area (Å²) in [4.78, 5) is 21.8. The van der Waals surface area contributed by atoms with Gasteiger partial charge in [-0.3, -0.25) is 4.79 Å². The Hall–Kier alpha value is -1.46. The lowest BCUT2D eigenvalue weighted by atomic mass is 10.2. The summed E-state index contributed by atoms with van der Waals surface area (Å²) >= 11 is 0. The number of hydrogen-bond acceptors (Lipinski definition) is 13. The normalized spacial score (nSPS) is 11.7. The molecule has 14 heteroatoms. The maximum Gasteiger partial charge on any atom is 0.332 e. The number of carboxylic acids is 1. The van der Waals surface area contributed by atoms with E-state index in [0.29, 0.717) is 119 Å². The Balaban J connectivity index is 3.10. The fourth-order valence-electron chi connectivity index (χ4n) is 2.67. The Bertz CT molecular complexity index is 585. The van der Waals surface area contributed by atoms with Gasteiger partial charge in [0.05, 0.1) is 132 Å². The second-order valence-corrected chi connectivity index (χ2v) is 9.29. The molecule has 0 aromatic heterocycles. The molecule has 0 saturated carbocycles. The largest absolute Gasteiger partial charge is 0.481 e. The molecule has 41 heavy (non-hydrogen) atoms. The summed E-state index contributed by atoms with van der Waals surface area (Å²) < 4.78 is 58.6. The van der Waals surface area contributed by atoms with Crippen LogP contribution in [0.1, 0.15) is 27.2 Å². The topological polar surface area (TPSA) is 156 Å². The second-order valence-electron chi connectivity index (χ2n) is 9.29. The molecular weight excluding hydrogens is 548 g/mol. The van der Waals surface area contributed by atoms with E-state index in [1.165, 1.54) is 0 Å². The third-order valence-corrected chi connectivity index (χ3v) is 4.45. The summed E-state index contributed by atoms with van der Waals surface area (Å²) in [6, 6.07) is 0. The van der Waals surface area contributed by atoms with E-state index in [9.17, 15) is 9.59 Å². The van der Waals surface area contributed by atoms with Crippen LogP contribution in [0.4, 0.5) is 0 Å². The van der Waals surface area contributed by atoms with Crippen LogP contribution < -0.4 is 0 Å². The van der Waals surface area contributed by atoms with E-state index < -0.39 is 17.5 Å². The summed E-state index contributed by atoms with van der Waals surface area (Å²) in [6.45, 7) is 13.5. The van der Waals surface area contributed by atoms with Gasteiger partial charge < -0.3 is 57.2 Å². The molecule has 0 aliphatic heterocycles. The van der Waals surface area contributed by atoms with Gasteiger partial charge in [-0.25, -0.2) is 4.79 Å². The van der Waals surface area contributed by atoms with Crippen LogP contribution in [0.3, 0.4) is 0 Å². The lowest BCUT2D eigenvalue weighted by Gasteiger charge is -2.19. The zero-order valence-electron chi connectivity index (χ0n) is 25.1. The number of ether oxygens (including phenoxy) is 11. The molecule has 1 N–H and O–H groups in total. The molecule has 0 heterocycles. The first-order valence-corrected chi connectivity index (χ1v) is 14.0. The molecule has 0 bridgehead atoms. The first-order chi connectivity index (χ1) is 19.8. The standard InChI is InChI=1S/C27H52O14/c1-27(2,3)41-26(30)24-40-23-22-39-21-20-38-19-18-37-17-16-36-15-14-35-13-12-34-11-10-33-9-8-32-7-6-31-5-4-25(28)29/h4-24H2,1-3H3,(H,28,29). The molecule has 0 aliphatic rings.